The molecule has 1 heterocycles. The second-order valence-electron chi connectivity index (χ2n) is 8.18. The summed E-state index contributed by atoms with van der Waals surface area (Å²) in [5, 5.41) is 0. The third kappa shape index (κ3) is 3.27. The third-order valence-corrected chi connectivity index (χ3v) is 5.83. The molecule has 4 heteroatoms. The summed E-state index contributed by atoms with van der Waals surface area (Å²) in [5.41, 5.74) is 13.5. The monoisotopic (exact) mass is 402 g/mol. The lowest BCUT2D eigenvalue weighted by Gasteiger charge is -2.43. The maximum absolute atomic E-state index is 13.9. The lowest BCUT2D eigenvalue weighted by molar-refractivity contribution is 0.413. The van der Waals surface area contributed by atoms with Crippen molar-refractivity contribution in [1.29, 1.82) is 0 Å². The number of rotatable bonds is 4. The van der Waals surface area contributed by atoms with Crippen molar-refractivity contribution in [3.63, 3.8) is 0 Å². The first-order valence-corrected chi connectivity index (χ1v) is 10.1. The first-order valence-electron chi connectivity index (χ1n) is 10.1. The molecule has 3 aromatic carbocycles. The van der Waals surface area contributed by atoms with Crippen molar-refractivity contribution in [2.45, 2.75) is 26.3 Å². The molecule has 1 aliphatic heterocycles. The smallest absolute Gasteiger partial charge is 0.129 e. The minimum atomic E-state index is -0.318. The number of methoxy groups -OCH3 is 1. The fourth-order valence-corrected chi connectivity index (χ4v) is 4.56. The van der Waals surface area contributed by atoms with Gasteiger partial charge in [-0.05, 0) is 61.2 Å². The van der Waals surface area contributed by atoms with Crippen LogP contribution >= 0.6 is 0 Å². The Bertz CT molecular complexity index is 1120. The highest BCUT2D eigenvalue weighted by molar-refractivity contribution is 5.99. The number of nitrogens with two attached hydrogens (primary N) is 1. The Hall–Kier alpha value is -3.11. The molecular formula is C26H27FN2O. The maximum atomic E-state index is 13.9. The zero-order chi connectivity index (χ0) is 21.5. The van der Waals surface area contributed by atoms with Gasteiger partial charge in [-0.3, -0.25) is 0 Å². The lowest BCUT2D eigenvalue weighted by Crippen LogP contribution is -2.48. The van der Waals surface area contributed by atoms with Gasteiger partial charge in [0.2, 0.25) is 0 Å². The van der Waals surface area contributed by atoms with E-state index in [9.17, 15) is 4.39 Å². The first-order chi connectivity index (χ1) is 14.4. The number of hydrogen-bond donors (Lipinski definition) is 1. The molecule has 0 saturated heterocycles. The number of ether oxygens (including phenoxy) is 1. The predicted molar refractivity (Wildman–Crippen MR) is 123 cm³/mol. The van der Waals surface area contributed by atoms with E-state index in [-0.39, 0.29) is 11.4 Å². The van der Waals surface area contributed by atoms with Crippen molar-refractivity contribution >= 4 is 11.3 Å². The molecule has 0 radical (unpaired) electrons. The van der Waals surface area contributed by atoms with Gasteiger partial charge < -0.3 is 15.4 Å². The van der Waals surface area contributed by atoms with Crippen LogP contribution in [0.15, 0.2) is 66.7 Å². The summed E-state index contributed by atoms with van der Waals surface area (Å²) in [6, 6.07) is 19.2. The van der Waals surface area contributed by atoms with E-state index in [1.807, 2.05) is 18.2 Å². The van der Waals surface area contributed by atoms with Crippen LogP contribution in [0.2, 0.25) is 0 Å². The SMILES string of the molecule is COc1cc(F)ccc1-c1ccc2c(c1-c1ccccc1)C(C)=CC(C)(C)N2CN. The number of allylic oxidation sites excluding steroid dienone is 1. The van der Waals surface area contributed by atoms with Crippen molar-refractivity contribution in [2.75, 3.05) is 18.7 Å². The average Bonchev–Trinajstić information content (AvgIpc) is 2.73. The average molecular weight is 403 g/mol. The fourth-order valence-electron chi connectivity index (χ4n) is 4.56. The van der Waals surface area contributed by atoms with Gasteiger partial charge >= 0.3 is 0 Å². The Balaban J connectivity index is 2.09. The number of hydrogen-bond acceptors (Lipinski definition) is 3. The highest BCUT2D eigenvalue weighted by atomic mass is 19.1. The van der Waals surface area contributed by atoms with Crippen molar-refractivity contribution in [3.8, 4) is 28.0 Å². The molecule has 0 bridgehead atoms. The van der Waals surface area contributed by atoms with Crippen LogP contribution in [0.3, 0.4) is 0 Å². The predicted octanol–water partition coefficient (Wildman–Crippen LogP) is 6.09. The van der Waals surface area contributed by atoms with E-state index in [1.54, 1.807) is 13.2 Å². The number of fused-ring (bicyclic) bond motifs is 1. The van der Waals surface area contributed by atoms with Gasteiger partial charge in [0.1, 0.15) is 11.6 Å². The topological polar surface area (TPSA) is 38.5 Å². The summed E-state index contributed by atoms with van der Waals surface area (Å²) >= 11 is 0. The van der Waals surface area contributed by atoms with Gasteiger partial charge in [0.25, 0.3) is 0 Å². The Labute approximate surface area is 177 Å². The highest BCUT2D eigenvalue weighted by Crippen LogP contribution is 2.48. The number of benzene rings is 3. The Morgan fingerprint density at radius 2 is 1.67 bits per heavy atom. The largest absolute Gasteiger partial charge is 0.496 e. The van der Waals surface area contributed by atoms with Gasteiger partial charge in [-0.15, -0.1) is 0 Å². The molecule has 0 saturated carbocycles. The Morgan fingerprint density at radius 3 is 2.33 bits per heavy atom. The van der Waals surface area contributed by atoms with Gasteiger partial charge in [0, 0.05) is 22.9 Å². The molecule has 0 fully saturated rings. The molecular weight excluding hydrogens is 375 g/mol. The van der Waals surface area contributed by atoms with E-state index in [1.165, 1.54) is 17.7 Å². The molecule has 0 atom stereocenters. The number of anilines is 1. The van der Waals surface area contributed by atoms with Crippen molar-refractivity contribution < 1.29 is 9.13 Å². The van der Waals surface area contributed by atoms with E-state index >= 15 is 0 Å². The minimum absolute atomic E-state index is 0.186. The van der Waals surface area contributed by atoms with E-state index in [2.05, 4.69) is 56.0 Å². The molecule has 0 aromatic heterocycles. The Morgan fingerprint density at radius 1 is 0.967 bits per heavy atom. The van der Waals surface area contributed by atoms with Crippen LogP contribution < -0.4 is 15.4 Å². The van der Waals surface area contributed by atoms with Gasteiger partial charge in [0.15, 0.2) is 0 Å². The normalized spacial score (nSPS) is 14.9. The Kier molecular flexibility index (Phi) is 5.12. The summed E-state index contributed by atoms with van der Waals surface area (Å²) in [5.74, 6) is 0.197. The van der Waals surface area contributed by atoms with Gasteiger partial charge in [-0.2, -0.15) is 0 Å². The molecule has 154 valence electrons. The summed E-state index contributed by atoms with van der Waals surface area (Å²) in [7, 11) is 1.57. The molecule has 4 rings (SSSR count). The fraction of sp³-hybridized carbons (Fsp3) is 0.231. The second kappa shape index (κ2) is 7.62. The van der Waals surface area contributed by atoms with Crippen LogP contribution in [0.4, 0.5) is 10.1 Å². The molecule has 0 aliphatic carbocycles. The van der Waals surface area contributed by atoms with Crippen LogP contribution in [-0.4, -0.2) is 19.3 Å². The first kappa shape index (κ1) is 20.2. The van der Waals surface area contributed by atoms with Crippen LogP contribution in [0.25, 0.3) is 27.8 Å². The zero-order valence-corrected chi connectivity index (χ0v) is 17.9. The van der Waals surface area contributed by atoms with Crippen LogP contribution in [0.1, 0.15) is 26.3 Å². The molecule has 3 aromatic rings. The zero-order valence-electron chi connectivity index (χ0n) is 17.9. The minimum Gasteiger partial charge on any atom is -0.496 e. The van der Waals surface area contributed by atoms with Gasteiger partial charge in [0.05, 0.1) is 19.3 Å². The summed E-state index contributed by atoms with van der Waals surface area (Å²) in [6.45, 7) is 6.90. The molecule has 2 N–H and O–H groups in total. The summed E-state index contributed by atoms with van der Waals surface area (Å²) in [4.78, 5) is 2.22. The standard InChI is InChI=1S/C26H27FN2O/c1-17-15-26(2,3)29(16-28)22-13-12-21(20-11-10-19(27)14-23(20)30-4)25(24(17)22)18-8-6-5-7-9-18/h5-15H,16,28H2,1-4H3. The highest BCUT2D eigenvalue weighted by Gasteiger charge is 2.33. The van der Waals surface area contributed by atoms with Crippen LogP contribution in [0.5, 0.6) is 5.75 Å². The third-order valence-electron chi connectivity index (χ3n) is 5.83. The van der Waals surface area contributed by atoms with Crippen molar-refractivity contribution in [1.82, 2.24) is 0 Å². The molecule has 0 amide bonds. The van der Waals surface area contributed by atoms with Crippen molar-refractivity contribution in [3.05, 3.63) is 78.1 Å². The van der Waals surface area contributed by atoms with E-state index in [4.69, 9.17) is 10.5 Å². The number of halogens is 1. The van der Waals surface area contributed by atoms with E-state index < -0.39 is 0 Å². The van der Waals surface area contributed by atoms with Gasteiger partial charge in [-0.25, -0.2) is 4.39 Å². The number of nitrogens with zero attached hydrogens (tertiary/aromatic N) is 1. The maximum Gasteiger partial charge on any atom is 0.129 e. The van der Waals surface area contributed by atoms with Gasteiger partial charge in [-0.1, -0.05) is 42.5 Å². The molecule has 1 aliphatic rings. The van der Waals surface area contributed by atoms with Crippen LogP contribution in [-0.2, 0) is 0 Å². The lowest BCUT2D eigenvalue weighted by atomic mass is 9.81. The van der Waals surface area contributed by atoms with E-state index in [0.29, 0.717) is 12.4 Å². The van der Waals surface area contributed by atoms with Crippen LogP contribution in [0, 0.1) is 5.82 Å². The summed E-state index contributed by atoms with van der Waals surface area (Å²) in [6.07, 6.45) is 2.26. The van der Waals surface area contributed by atoms with E-state index in [0.717, 1.165) is 33.5 Å². The second-order valence-corrected chi connectivity index (χ2v) is 8.18. The van der Waals surface area contributed by atoms with Crippen molar-refractivity contribution in [2.24, 2.45) is 5.73 Å². The quantitative estimate of drug-likeness (QED) is 0.574. The molecule has 0 unspecified atom stereocenters. The summed E-state index contributed by atoms with van der Waals surface area (Å²) < 4.78 is 19.4. The molecule has 0 spiro atoms. The molecule has 3 nitrogen and oxygen atoms in total. The molecule has 30 heavy (non-hydrogen) atoms.